The van der Waals surface area contributed by atoms with Gasteiger partial charge in [-0.15, -0.1) is 0 Å². The molecule has 4 heteroatoms. The third-order valence-electron chi connectivity index (χ3n) is 2.90. The van der Waals surface area contributed by atoms with Crippen molar-refractivity contribution in [2.75, 3.05) is 17.3 Å². The number of carbonyl (C=O) groups excluding carboxylic acids is 1. The van der Waals surface area contributed by atoms with E-state index in [1.54, 1.807) is 18.1 Å². The summed E-state index contributed by atoms with van der Waals surface area (Å²) in [6.07, 6.45) is 1.68. The van der Waals surface area contributed by atoms with E-state index < -0.39 is 0 Å². The molecular formula is C16H19N3O. The fourth-order valence-corrected chi connectivity index (χ4v) is 1.94. The highest BCUT2D eigenvalue weighted by Crippen LogP contribution is 2.20. The minimum absolute atomic E-state index is 0.0764. The summed E-state index contributed by atoms with van der Waals surface area (Å²) in [5, 5.41) is 3.29. The normalized spacial score (nSPS) is 10.4. The lowest BCUT2D eigenvalue weighted by Gasteiger charge is -2.19. The third-order valence-corrected chi connectivity index (χ3v) is 2.90. The van der Waals surface area contributed by atoms with Crippen LogP contribution in [0.5, 0.6) is 0 Å². The molecule has 1 amide bonds. The number of aromatic nitrogens is 1. The van der Waals surface area contributed by atoms with Gasteiger partial charge in [0.25, 0.3) is 5.91 Å². The fourth-order valence-electron chi connectivity index (χ4n) is 1.94. The number of para-hydroxylation sites is 1. The van der Waals surface area contributed by atoms with E-state index in [0.29, 0.717) is 11.4 Å². The standard InChI is InChI=1S/C16H19N3O/c1-12(2)18-14-9-5-4-8-13(14)16(20)19(3)15-10-6-7-11-17-15/h4-12,18H,1-3H3. The smallest absolute Gasteiger partial charge is 0.261 e. The summed E-state index contributed by atoms with van der Waals surface area (Å²) < 4.78 is 0. The average molecular weight is 269 g/mol. The first-order valence-electron chi connectivity index (χ1n) is 6.64. The number of hydrogen-bond acceptors (Lipinski definition) is 3. The first kappa shape index (κ1) is 14.1. The highest BCUT2D eigenvalue weighted by Gasteiger charge is 2.17. The van der Waals surface area contributed by atoms with Gasteiger partial charge in [-0.25, -0.2) is 4.98 Å². The maximum atomic E-state index is 12.6. The number of pyridine rings is 1. The molecule has 4 nitrogen and oxygen atoms in total. The van der Waals surface area contributed by atoms with E-state index in [1.807, 2.05) is 56.3 Å². The maximum Gasteiger partial charge on any atom is 0.261 e. The van der Waals surface area contributed by atoms with E-state index >= 15 is 0 Å². The molecule has 0 atom stereocenters. The van der Waals surface area contributed by atoms with E-state index in [1.165, 1.54) is 0 Å². The zero-order chi connectivity index (χ0) is 14.5. The first-order chi connectivity index (χ1) is 9.59. The molecule has 1 N–H and O–H groups in total. The highest BCUT2D eigenvalue weighted by atomic mass is 16.2. The molecule has 0 aliphatic rings. The lowest BCUT2D eigenvalue weighted by atomic mass is 10.1. The predicted molar refractivity (Wildman–Crippen MR) is 82.2 cm³/mol. The van der Waals surface area contributed by atoms with Gasteiger partial charge in [-0.05, 0) is 38.1 Å². The van der Waals surface area contributed by atoms with Gasteiger partial charge in [0.2, 0.25) is 0 Å². The second kappa shape index (κ2) is 6.19. The second-order valence-corrected chi connectivity index (χ2v) is 4.90. The van der Waals surface area contributed by atoms with Crippen molar-refractivity contribution in [2.45, 2.75) is 19.9 Å². The number of amides is 1. The number of nitrogens with one attached hydrogen (secondary N) is 1. The van der Waals surface area contributed by atoms with Crippen LogP contribution in [0.3, 0.4) is 0 Å². The molecule has 0 fully saturated rings. The fraction of sp³-hybridized carbons (Fsp3) is 0.250. The summed E-state index contributed by atoms with van der Waals surface area (Å²) in [4.78, 5) is 18.4. The molecule has 2 aromatic rings. The number of rotatable bonds is 4. The van der Waals surface area contributed by atoms with Gasteiger partial charge in [-0.2, -0.15) is 0 Å². The Morgan fingerprint density at radius 1 is 1.15 bits per heavy atom. The van der Waals surface area contributed by atoms with E-state index in [9.17, 15) is 4.79 Å². The zero-order valence-corrected chi connectivity index (χ0v) is 12.0. The highest BCUT2D eigenvalue weighted by molar-refractivity contribution is 6.08. The van der Waals surface area contributed by atoms with Crippen molar-refractivity contribution in [3.63, 3.8) is 0 Å². The van der Waals surface area contributed by atoms with E-state index in [-0.39, 0.29) is 11.9 Å². The van der Waals surface area contributed by atoms with Crippen molar-refractivity contribution < 1.29 is 4.79 Å². The van der Waals surface area contributed by atoms with Gasteiger partial charge in [0.1, 0.15) is 5.82 Å². The second-order valence-electron chi connectivity index (χ2n) is 4.90. The van der Waals surface area contributed by atoms with Crippen LogP contribution in [0, 0.1) is 0 Å². The molecule has 1 aromatic heterocycles. The van der Waals surface area contributed by atoms with Gasteiger partial charge in [-0.3, -0.25) is 9.69 Å². The van der Waals surface area contributed by atoms with Crippen LogP contribution in [0.25, 0.3) is 0 Å². The molecule has 0 unspecified atom stereocenters. The van der Waals surface area contributed by atoms with Gasteiger partial charge >= 0.3 is 0 Å². The molecule has 0 spiro atoms. The molecule has 0 aliphatic carbocycles. The Kier molecular flexibility index (Phi) is 4.35. The van der Waals surface area contributed by atoms with Crippen LogP contribution in [0.4, 0.5) is 11.5 Å². The maximum absolute atomic E-state index is 12.6. The van der Waals surface area contributed by atoms with Crippen molar-refractivity contribution in [3.8, 4) is 0 Å². The third kappa shape index (κ3) is 3.15. The van der Waals surface area contributed by atoms with E-state index in [4.69, 9.17) is 0 Å². The van der Waals surface area contributed by atoms with Crippen LogP contribution in [-0.4, -0.2) is 24.0 Å². The number of benzene rings is 1. The largest absolute Gasteiger partial charge is 0.382 e. The molecular weight excluding hydrogens is 250 g/mol. The lowest BCUT2D eigenvalue weighted by Crippen LogP contribution is -2.28. The predicted octanol–water partition coefficient (Wildman–Crippen LogP) is 3.18. The van der Waals surface area contributed by atoms with Crippen molar-refractivity contribution in [1.29, 1.82) is 0 Å². The van der Waals surface area contributed by atoms with Crippen LogP contribution < -0.4 is 10.2 Å². The Morgan fingerprint density at radius 3 is 2.50 bits per heavy atom. The van der Waals surface area contributed by atoms with Gasteiger partial charge in [0.05, 0.1) is 5.56 Å². The van der Waals surface area contributed by atoms with Crippen molar-refractivity contribution in [2.24, 2.45) is 0 Å². The summed E-state index contributed by atoms with van der Waals surface area (Å²) in [5.74, 6) is 0.560. The Balaban J connectivity index is 2.29. The minimum atomic E-state index is -0.0764. The molecule has 20 heavy (non-hydrogen) atoms. The molecule has 0 saturated carbocycles. The van der Waals surface area contributed by atoms with Crippen molar-refractivity contribution in [1.82, 2.24) is 4.98 Å². The quantitative estimate of drug-likeness (QED) is 0.927. The number of carbonyl (C=O) groups is 1. The van der Waals surface area contributed by atoms with Crippen LogP contribution in [0.15, 0.2) is 48.7 Å². The van der Waals surface area contributed by atoms with E-state index in [2.05, 4.69) is 10.3 Å². The van der Waals surface area contributed by atoms with E-state index in [0.717, 1.165) is 5.69 Å². The first-order valence-corrected chi connectivity index (χ1v) is 6.64. The van der Waals surface area contributed by atoms with Gasteiger partial charge < -0.3 is 5.32 Å². The summed E-state index contributed by atoms with van der Waals surface area (Å²) in [7, 11) is 1.73. The molecule has 104 valence electrons. The number of hydrogen-bond donors (Lipinski definition) is 1. The molecule has 1 heterocycles. The summed E-state index contributed by atoms with van der Waals surface area (Å²) in [6, 6.07) is 13.3. The van der Waals surface area contributed by atoms with Crippen LogP contribution >= 0.6 is 0 Å². The lowest BCUT2D eigenvalue weighted by molar-refractivity contribution is 0.0993. The Hall–Kier alpha value is -2.36. The van der Waals surface area contributed by atoms with Crippen LogP contribution in [0.2, 0.25) is 0 Å². The van der Waals surface area contributed by atoms with Gasteiger partial charge in [-0.1, -0.05) is 18.2 Å². The van der Waals surface area contributed by atoms with Crippen molar-refractivity contribution >= 4 is 17.4 Å². The number of nitrogens with zero attached hydrogens (tertiary/aromatic N) is 2. The number of anilines is 2. The van der Waals surface area contributed by atoms with Gasteiger partial charge in [0.15, 0.2) is 0 Å². The molecule has 1 aromatic carbocycles. The summed E-state index contributed by atoms with van der Waals surface area (Å²) in [5.41, 5.74) is 1.49. The monoisotopic (exact) mass is 269 g/mol. The van der Waals surface area contributed by atoms with Gasteiger partial charge in [0, 0.05) is 25.0 Å². The van der Waals surface area contributed by atoms with Crippen LogP contribution in [0.1, 0.15) is 24.2 Å². The molecule has 0 bridgehead atoms. The summed E-state index contributed by atoms with van der Waals surface area (Å²) >= 11 is 0. The molecule has 0 aliphatic heterocycles. The average Bonchev–Trinajstić information content (AvgIpc) is 2.46. The molecule has 0 saturated heterocycles. The minimum Gasteiger partial charge on any atom is -0.382 e. The van der Waals surface area contributed by atoms with Crippen LogP contribution in [-0.2, 0) is 0 Å². The Morgan fingerprint density at radius 2 is 1.85 bits per heavy atom. The molecule has 0 radical (unpaired) electrons. The Bertz CT molecular complexity index is 581. The van der Waals surface area contributed by atoms with Crippen molar-refractivity contribution in [3.05, 3.63) is 54.2 Å². The summed E-state index contributed by atoms with van der Waals surface area (Å²) in [6.45, 7) is 4.09. The zero-order valence-electron chi connectivity index (χ0n) is 12.0. The topological polar surface area (TPSA) is 45.2 Å². The SMILES string of the molecule is CC(C)Nc1ccccc1C(=O)N(C)c1ccccn1. The molecule has 2 rings (SSSR count). The Labute approximate surface area is 119 Å².